The fourth-order valence-electron chi connectivity index (χ4n) is 3.46. The highest BCUT2D eigenvalue weighted by molar-refractivity contribution is 5.30. The lowest BCUT2D eigenvalue weighted by atomic mass is 9.79. The summed E-state index contributed by atoms with van der Waals surface area (Å²) >= 11 is 0. The molecule has 21 heavy (non-hydrogen) atoms. The zero-order chi connectivity index (χ0) is 15.4. The Balaban J connectivity index is 1.98. The average molecular weight is 289 g/mol. The first-order valence-corrected chi connectivity index (χ1v) is 8.48. The minimum Gasteiger partial charge on any atom is -0.491 e. The van der Waals surface area contributed by atoms with Crippen molar-refractivity contribution in [2.24, 2.45) is 11.8 Å². The van der Waals surface area contributed by atoms with Crippen LogP contribution in [0.25, 0.3) is 0 Å². The van der Waals surface area contributed by atoms with Crippen molar-refractivity contribution in [1.29, 1.82) is 0 Å². The third-order valence-corrected chi connectivity index (χ3v) is 4.63. The van der Waals surface area contributed by atoms with Crippen molar-refractivity contribution < 1.29 is 4.74 Å². The van der Waals surface area contributed by atoms with Crippen LogP contribution in [0.3, 0.4) is 0 Å². The van der Waals surface area contributed by atoms with Gasteiger partial charge < -0.3 is 10.1 Å². The fraction of sp³-hybridized carbons (Fsp3) is 0.684. The van der Waals surface area contributed by atoms with E-state index in [4.69, 9.17) is 4.74 Å². The van der Waals surface area contributed by atoms with E-state index in [1.807, 2.05) is 6.07 Å². The fourth-order valence-corrected chi connectivity index (χ4v) is 3.46. The van der Waals surface area contributed by atoms with Crippen LogP contribution in [-0.4, -0.2) is 12.1 Å². The predicted octanol–water partition coefficient (Wildman–Crippen LogP) is 4.95. The lowest BCUT2D eigenvalue weighted by Crippen LogP contribution is -2.40. The summed E-state index contributed by atoms with van der Waals surface area (Å²) in [4.78, 5) is 0. The van der Waals surface area contributed by atoms with Gasteiger partial charge in [0.05, 0.1) is 6.10 Å². The number of hydrogen-bond donors (Lipinski definition) is 1. The van der Waals surface area contributed by atoms with Gasteiger partial charge in [-0.15, -0.1) is 0 Å². The van der Waals surface area contributed by atoms with Gasteiger partial charge in [-0.25, -0.2) is 0 Å². The van der Waals surface area contributed by atoms with Crippen molar-refractivity contribution in [1.82, 2.24) is 5.32 Å². The molecule has 0 aromatic heterocycles. The number of hydrogen-bond acceptors (Lipinski definition) is 2. The molecular weight excluding hydrogens is 258 g/mol. The summed E-state index contributed by atoms with van der Waals surface area (Å²) in [5, 5.41) is 3.83. The summed E-state index contributed by atoms with van der Waals surface area (Å²) in [5.41, 5.74) is 1.32. The third kappa shape index (κ3) is 4.74. The lowest BCUT2D eigenvalue weighted by Gasteiger charge is -2.35. The number of rotatable bonds is 5. The van der Waals surface area contributed by atoms with E-state index < -0.39 is 0 Å². The Labute approximate surface area is 130 Å². The van der Waals surface area contributed by atoms with Crippen molar-refractivity contribution >= 4 is 0 Å². The molecule has 1 saturated carbocycles. The minimum absolute atomic E-state index is 0.225. The van der Waals surface area contributed by atoms with Crippen LogP contribution in [0.1, 0.15) is 65.5 Å². The van der Waals surface area contributed by atoms with Crippen molar-refractivity contribution in [2.75, 3.05) is 0 Å². The normalized spacial score (nSPS) is 27.6. The maximum Gasteiger partial charge on any atom is 0.120 e. The van der Waals surface area contributed by atoms with Crippen LogP contribution < -0.4 is 10.1 Å². The van der Waals surface area contributed by atoms with E-state index in [1.54, 1.807) is 0 Å². The maximum absolute atomic E-state index is 5.80. The topological polar surface area (TPSA) is 21.3 Å². The van der Waals surface area contributed by atoms with Gasteiger partial charge in [-0.1, -0.05) is 26.0 Å². The molecule has 1 aliphatic rings. The molecule has 0 amide bonds. The molecule has 1 aromatic rings. The van der Waals surface area contributed by atoms with Crippen LogP contribution in [0, 0.1) is 11.8 Å². The first kappa shape index (κ1) is 16.4. The van der Waals surface area contributed by atoms with E-state index in [1.165, 1.54) is 24.8 Å². The second-order valence-corrected chi connectivity index (χ2v) is 7.13. The molecule has 2 heteroatoms. The van der Waals surface area contributed by atoms with Crippen molar-refractivity contribution in [3.05, 3.63) is 29.8 Å². The van der Waals surface area contributed by atoms with Crippen LogP contribution in [0.5, 0.6) is 5.75 Å². The standard InChI is InChI=1S/C19H31NO/c1-13(2)21-18-8-6-7-17(12-18)16(5)20-19-10-9-14(3)11-15(19)4/h6-8,12-16,19-20H,9-11H2,1-5H3. The Morgan fingerprint density at radius 1 is 1.14 bits per heavy atom. The summed E-state index contributed by atoms with van der Waals surface area (Å²) < 4.78 is 5.80. The molecule has 0 aliphatic heterocycles. The second kappa shape index (κ2) is 7.31. The highest BCUT2D eigenvalue weighted by atomic mass is 16.5. The maximum atomic E-state index is 5.80. The Morgan fingerprint density at radius 3 is 2.57 bits per heavy atom. The molecule has 2 nitrogen and oxygen atoms in total. The molecule has 1 N–H and O–H groups in total. The van der Waals surface area contributed by atoms with Gasteiger partial charge in [0.25, 0.3) is 0 Å². The number of benzene rings is 1. The van der Waals surface area contributed by atoms with Crippen molar-refractivity contribution in [2.45, 2.75) is 72.1 Å². The second-order valence-electron chi connectivity index (χ2n) is 7.13. The van der Waals surface area contributed by atoms with Crippen LogP contribution in [0.15, 0.2) is 24.3 Å². The SMILES string of the molecule is CC1CCC(NC(C)c2cccc(OC(C)C)c2)C(C)C1. The Bertz CT molecular complexity index is 443. The molecule has 1 aliphatic carbocycles. The first-order valence-electron chi connectivity index (χ1n) is 8.48. The highest BCUT2D eigenvalue weighted by Crippen LogP contribution is 2.30. The molecule has 4 atom stereocenters. The molecule has 0 saturated heterocycles. The molecule has 1 fully saturated rings. The average Bonchev–Trinajstić information content (AvgIpc) is 2.41. The summed E-state index contributed by atoms with van der Waals surface area (Å²) in [6.07, 6.45) is 4.23. The van der Waals surface area contributed by atoms with Gasteiger partial charge in [-0.2, -0.15) is 0 Å². The van der Waals surface area contributed by atoms with Gasteiger partial charge >= 0.3 is 0 Å². The van der Waals surface area contributed by atoms with Crippen LogP contribution in [0.2, 0.25) is 0 Å². The number of nitrogens with one attached hydrogen (secondary N) is 1. The van der Waals surface area contributed by atoms with Crippen LogP contribution in [0.4, 0.5) is 0 Å². The van der Waals surface area contributed by atoms with Crippen LogP contribution >= 0.6 is 0 Å². The van der Waals surface area contributed by atoms with Crippen molar-refractivity contribution in [3.63, 3.8) is 0 Å². The quantitative estimate of drug-likeness (QED) is 0.828. The van der Waals surface area contributed by atoms with E-state index in [0.717, 1.165) is 17.6 Å². The third-order valence-electron chi connectivity index (χ3n) is 4.63. The van der Waals surface area contributed by atoms with Crippen LogP contribution in [-0.2, 0) is 0 Å². The highest BCUT2D eigenvalue weighted by Gasteiger charge is 2.26. The molecule has 118 valence electrons. The first-order chi connectivity index (χ1) is 9.95. The van der Waals surface area contributed by atoms with Gasteiger partial charge in [0.2, 0.25) is 0 Å². The summed E-state index contributed by atoms with van der Waals surface area (Å²) in [6.45, 7) is 11.2. The van der Waals surface area contributed by atoms with Crippen molar-refractivity contribution in [3.8, 4) is 5.75 Å². The molecule has 0 radical (unpaired) electrons. The van der Waals surface area contributed by atoms with Gasteiger partial charge in [-0.3, -0.25) is 0 Å². The van der Waals surface area contributed by atoms with Gasteiger partial charge in [0.15, 0.2) is 0 Å². The molecule has 0 bridgehead atoms. The van der Waals surface area contributed by atoms with Gasteiger partial charge in [-0.05, 0) is 69.6 Å². The molecule has 2 rings (SSSR count). The van der Waals surface area contributed by atoms with E-state index in [2.05, 4.69) is 58.1 Å². The van der Waals surface area contributed by atoms with E-state index in [9.17, 15) is 0 Å². The zero-order valence-corrected chi connectivity index (χ0v) is 14.2. The predicted molar refractivity (Wildman–Crippen MR) is 89.7 cm³/mol. The van der Waals surface area contributed by atoms with E-state index in [0.29, 0.717) is 12.1 Å². The Morgan fingerprint density at radius 2 is 1.90 bits per heavy atom. The molecular formula is C19H31NO. The summed E-state index contributed by atoms with van der Waals surface area (Å²) in [7, 11) is 0. The summed E-state index contributed by atoms with van der Waals surface area (Å²) in [5.74, 6) is 2.63. The lowest BCUT2D eigenvalue weighted by molar-refractivity contribution is 0.216. The monoisotopic (exact) mass is 289 g/mol. The smallest absolute Gasteiger partial charge is 0.120 e. The van der Waals surface area contributed by atoms with Gasteiger partial charge in [0.1, 0.15) is 5.75 Å². The number of ether oxygens (including phenoxy) is 1. The Kier molecular flexibility index (Phi) is 5.69. The molecule has 0 spiro atoms. The van der Waals surface area contributed by atoms with Gasteiger partial charge in [0, 0.05) is 12.1 Å². The van der Waals surface area contributed by atoms with E-state index in [-0.39, 0.29) is 6.10 Å². The summed E-state index contributed by atoms with van der Waals surface area (Å²) in [6, 6.07) is 9.53. The molecule has 0 heterocycles. The molecule has 1 aromatic carbocycles. The Hall–Kier alpha value is -1.02. The van der Waals surface area contributed by atoms with E-state index >= 15 is 0 Å². The largest absolute Gasteiger partial charge is 0.491 e. The minimum atomic E-state index is 0.225. The zero-order valence-electron chi connectivity index (χ0n) is 14.2. The molecule has 4 unspecified atom stereocenters.